The molecule has 0 radical (unpaired) electrons. The van der Waals surface area contributed by atoms with Crippen molar-refractivity contribution in [3.05, 3.63) is 28.2 Å². The van der Waals surface area contributed by atoms with Crippen molar-refractivity contribution >= 4 is 51.9 Å². The van der Waals surface area contributed by atoms with Crippen LogP contribution < -0.4 is 4.43 Å². The topological polar surface area (TPSA) is 22.1 Å². The number of rotatable bonds is 3. The highest BCUT2D eigenvalue weighted by atomic mass is 79.9. The fourth-order valence-corrected chi connectivity index (χ4v) is 3.91. The first-order valence-corrected chi connectivity index (χ1v) is 11.2. The van der Waals surface area contributed by atoms with Crippen molar-refractivity contribution in [1.29, 1.82) is 0 Å². The van der Waals surface area contributed by atoms with E-state index in [-0.39, 0.29) is 5.04 Å². The van der Waals surface area contributed by atoms with E-state index in [9.17, 15) is 0 Å². The number of fused-ring (bicyclic) bond motifs is 1. The molecule has 0 aliphatic carbocycles. The first-order chi connectivity index (χ1) is 9.23. The predicted octanol–water partition coefficient (Wildman–Crippen LogP) is 6.05. The monoisotopic (exact) mass is 369 g/mol. The Morgan fingerprint density at radius 2 is 2.00 bits per heavy atom. The number of halogens is 1. The first kappa shape index (κ1) is 15.7. The molecule has 0 atom stereocenters. The predicted molar refractivity (Wildman–Crippen MR) is 95.4 cm³/mol. The Kier molecular flexibility index (Phi) is 4.42. The van der Waals surface area contributed by atoms with Crippen LogP contribution in [0.25, 0.3) is 16.3 Å². The van der Waals surface area contributed by atoms with Crippen molar-refractivity contribution in [2.75, 3.05) is 0 Å². The van der Waals surface area contributed by atoms with E-state index < -0.39 is 8.32 Å². The molecule has 20 heavy (non-hydrogen) atoms. The zero-order valence-electron chi connectivity index (χ0n) is 12.5. The largest absolute Gasteiger partial charge is 0.543 e. The van der Waals surface area contributed by atoms with Crippen molar-refractivity contribution in [3.63, 3.8) is 0 Å². The van der Waals surface area contributed by atoms with E-state index in [0.717, 1.165) is 16.3 Å². The fraction of sp³-hybridized carbons (Fsp3) is 0.400. The minimum absolute atomic E-state index is 0.208. The number of aromatic nitrogens is 1. The smallest absolute Gasteiger partial charge is 0.250 e. The van der Waals surface area contributed by atoms with Gasteiger partial charge in [-0.15, -0.1) is 11.3 Å². The number of hydrogen-bond acceptors (Lipinski definition) is 3. The van der Waals surface area contributed by atoms with E-state index in [0.29, 0.717) is 0 Å². The Morgan fingerprint density at radius 1 is 1.30 bits per heavy atom. The molecule has 0 saturated carbocycles. The number of thiazole rings is 1. The van der Waals surface area contributed by atoms with E-state index in [4.69, 9.17) is 4.43 Å². The second-order valence-corrected chi connectivity index (χ2v) is 12.7. The van der Waals surface area contributed by atoms with Gasteiger partial charge in [-0.1, -0.05) is 36.7 Å². The van der Waals surface area contributed by atoms with Crippen LogP contribution in [0.15, 0.2) is 23.2 Å². The van der Waals surface area contributed by atoms with Gasteiger partial charge in [-0.25, -0.2) is 4.98 Å². The molecule has 2 aromatic rings. The van der Waals surface area contributed by atoms with Crippen LogP contribution in [0.5, 0.6) is 5.75 Å². The van der Waals surface area contributed by atoms with E-state index in [1.165, 1.54) is 4.70 Å². The molecule has 108 valence electrons. The van der Waals surface area contributed by atoms with Gasteiger partial charge in [0, 0.05) is 0 Å². The first-order valence-electron chi connectivity index (χ1n) is 6.59. The van der Waals surface area contributed by atoms with Crippen molar-refractivity contribution in [3.8, 4) is 5.75 Å². The summed E-state index contributed by atoms with van der Waals surface area (Å²) in [5.41, 5.74) is 1.03. The maximum absolute atomic E-state index is 6.33. The third-order valence-electron chi connectivity index (χ3n) is 3.76. The quantitative estimate of drug-likeness (QED) is 0.614. The van der Waals surface area contributed by atoms with Crippen LogP contribution in [0.2, 0.25) is 18.1 Å². The fourth-order valence-electron chi connectivity index (χ4n) is 1.56. The average molecular weight is 370 g/mol. The van der Waals surface area contributed by atoms with E-state index in [1.54, 1.807) is 11.3 Å². The Balaban J connectivity index is 2.32. The summed E-state index contributed by atoms with van der Waals surface area (Å²) in [6, 6.07) is 6.18. The molecule has 2 rings (SSSR count). The van der Waals surface area contributed by atoms with Crippen molar-refractivity contribution in [2.24, 2.45) is 0 Å². The lowest BCUT2D eigenvalue weighted by Gasteiger charge is -2.36. The summed E-state index contributed by atoms with van der Waals surface area (Å²) >= 11 is 4.96. The molecule has 0 aliphatic heterocycles. The molecule has 0 unspecified atom stereocenters. The van der Waals surface area contributed by atoms with Crippen LogP contribution in [0.4, 0.5) is 0 Å². The molecule has 0 saturated heterocycles. The van der Waals surface area contributed by atoms with Gasteiger partial charge in [0.25, 0.3) is 0 Å². The molecule has 0 N–H and O–H groups in total. The summed E-state index contributed by atoms with van der Waals surface area (Å²) in [5.74, 6) is 0.960. The summed E-state index contributed by atoms with van der Waals surface area (Å²) in [7, 11) is -1.78. The highest BCUT2D eigenvalue weighted by Gasteiger charge is 2.38. The van der Waals surface area contributed by atoms with Gasteiger partial charge < -0.3 is 4.43 Å². The second kappa shape index (κ2) is 5.62. The number of benzene rings is 1. The van der Waals surface area contributed by atoms with Crippen LogP contribution in [-0.4, -0.2) is 13.3 Å². The normalized spacial score (nSPS) is 13.3. The maximum Gasteiger partial charge on any atom is 0.250 e. The zero-order chi connectivity index (χ0) is 15.0. The van der Waals surface area contributed by atoms with Gasteiger partial charge in [0.15, 0.2) is 0 Å². The molecule has 0 fully saturated rings. The SMILES string of the molecule is CC(C)(C)[Si](C)(C)Oc1ccc2nc(C=CBr)sc2c1. The Bertz CT molecular complexity index is 643. The van der Waals surface area contributed by atoms with Crippen LogP contribution in [-0.2, 0) is 0 Å². The minimum atomic E-state index is -1.78. The molecule has 1 aromatic carbocycles. The van der Waals surface area contributed by atoms with Crippen LogP contribution in [0, 0.1) is 0 Å². The lowest BCUT2D eigenvalue weighted by Crippen LogP contribution is -2.43. The highest BCUT2D eigenvalue weighted by Crippen LogP contribution is 2.38. The number of hydrogen-bond donors (Lipinski definition) is 0. The summed E-state index contributed by atoms with van der Waals surface area (Å²) in [5, 5.41) is 1.21. The van der Waals surface area contributed by atoms with Crippen LogP contribution in [0.3, 0.4) is 0 Å². The Labute approximate surface area is 134 Å². The Morgan fingerprint density at radius 3 is 2.60 bits per heavy atom. The van der Waals surface area contributed by atoms with Gasteiger partial charge in [0.2, 0.25) is 8.32 Å². The summed E-state index contributed by atoms with van der Waals surface area (Å²) in [6.45, 7) is 11.3. The van der Waals surface area contributed by atoms with E-state index >= 15 is 0 Å². The molecule has 0 bridgehead atoms. The van der Waals surface area contributed by atoms with E-state index in [1.807, 2.05) is 23.2 Å². The zero-order valence-corrected chi connectivity index (χ0v) is 15.9. The molecule has 0 spiro atoms. The van der Waals surface area contributed by atoms with Gasteiger partial charge in [0.05, 0.1) is 10.2 Å². The Hall–Kier alpha value is -0.653. The molecular formula is C15H20BrNOSSi. The van der Waals surface area contributed by atoms with Gasteiger partial charge in [0.1, 0.15) is 10.8 Å². The summed E-state index contributed by atoms with van der Waals surface area (Å²) < 4.78 is 7.50. The third-order valence-corrected chi connectivity index (χ3v) is 9.37. The third kappa shape index (κ3) is 3.32. The molecule has 5 heteroatoms. The van der Waals surface area contributed by atoms with Crippen LogP contribution in [0.1, 0.15) is 25.8 Å². The second-order valence-electron chi connectivity index (χ2n) is 6.34. The van der Waals surface area contributed by atoms with Crippen molar-refractivity contribution in [2.45, 2.75) is 38.9 Å². The maximum atomic E-state index is 6.33. The molecule has 0 aliphatic rings. The highest BCUT2D eigenvalue weighted by molar-refractivity contribution is 9.11. The van der Waals surface area contributed by atoms with Gasteiger partial charge in [-0.05, 0) is 47.4 Å². The molecule has 0 amide bonds. The standard InChI is InChI=1S/C15H20BrNOSSi/c1-15(2,3)20(4,5)18-11-6-7-12-13(10-11)19-14(17-12)8-9-16/h6-10H,1-5H3. The van der Waals surface area contributed by atoms with Crippen LogP contribution >= 0.6 is 27.3 Å². The van der Waals surface area contributed by atoms with E-state index in [2.05, 4.69) is 60.8 Å². The minimum Gasteiger partial charge on any atom is -0.543 e. The molecule has 1 heterocycles. The van der Waals surface area contributed by atoms with Crippen molar-refractivity contribution < 1.29 is 4.43 Å². The van der Waals surface area contributed by atoms with Gasteiger partial charge in [-0.3, -0.25) is 0 Å². The summed E-state index contributed by atoms with van der Waals surface area (Å²) in [4.78, 5) is 6.38. The van der Waals surface area contributed by atoms with Gasteiger partial charge in [-0.2, -0.15) is 0 Å². The molecule has 2 nitrogen and oxygen atoms in total. The van der Waals surface area contributed by atoms with Gasteiger partial charge >= 0.3 is 0 Å². The average Bonchev–Trinajstić information content (AvgIpc) is 2.69. The summed E-state index contributed by atoms with van der Waals surface area (Å²) in [6.07, 6.45) is 1.96. The van der Waals surface area contributed by atoms with Crippen molar-refractivity contribution in [1.82, 2.24) is 4.98 Å². The lowest BCUT2D eigenvalue weighted by atomic mass is 10.2. The molecule has 1 aromatic heterocycles. The number of nitrogens with zero attached hydrogens (tertiary/aromatic N) is 1. The lowest BCUT2D eigenvalue weighted by molar-refractivity contribution is 0.493. The molecular weight excluding hydrogens is 350 g/mol.